The Hall–Kier alpha value is -2.64. The third-order valence-corrected chi connectivity index (χ3v) is 5.68. The highest BCUT2D eigenvalue weighted by atomic mass is 35.5. The van der Waals surface area contributed by atoms with Crippen molar-refractivity contribution in [1.29, 1.82) is 0 Å². The van der Waals surface area contributed by atoms with Crippen molar-refractivity contribution in [3.63, 3.8) is 0 Å². The summed E-state index contributed by atoms with van der Waals surface area (Å²) in [6, 6.07) is 11.6. The average molecular weight is 450 g/mol. The van der Waals surface area contributed by atoms with Crippen LogP contribution in [0.4, 0.5) is 14.9 Å². The van der Waals surface area contributed by atoms with Crippen molar-refractivity contribution < 1.29 is 28.6 Å². The fourth-order valence-electron chi connectivity index (χ4n) is 3.72. The number of carbonyl (C=O) groups excluding carboxylic acids is 1. The molecule has 0 spiro atoms. The number of para-hydroxylation sites is 1. The maximum absolute atomic E-state index is 13.5. The first-order chi connectivity index (χ1) is 14.9. The van der Waals surface area contributed by atoms with Crippen LogP contribution < -0.4 is 5.32 Å². The molecule has 31 heavy (non-hydrogen) atoms. The molecule has 2 N–H and O–H groups in total. The van der Waals surface area contributed by atoms with Crippen molar-refractivity contribution in [3.05, 3.63) is 53.3 Å². The van der Waals surface area contributed by atoms with E-state index in [2.05, 4.69) is 5.32 Å². The summed E-state index contributed by atoms with van der Waals surface area (Å²) in [5.74, 6) is -0.845. The third-order valence-electron chi connectivity index (χ3n) is 5.39. The zero-order valence-electron chi connectivity index (χ0n) is 17.0. The number of benzene rings is 2. The zero-order chi connectivity index (χ0) is 22.2. The van der Waals surface area contributed by atoms with Gasteiger partial charge in [-0.1, -0.05) is 35.9 Å². The van der Waals surface area contributed by atoms with Gasteiger partial charge in [-0.05, 0) is 61.3 Å². The monoisotopic (exact) mass is 449 g/mol. The fraction of sp³-hybridized carbons (Fsp3) is 0.391. The second-order valence-electron chi connectivity index (χ2n) is 7.69. The van der Waals surface area contributed by atoms with E-state index >= 15 is 0 Å². The van der Waals surface area contributed by atoms with Gasteiger partial charge in [0, 0.05) is 5.56 Å². The number of carbonyl (C=O) groups is 2. The van der Waals surface area contributed by atoms with Crippen molar-refractivity contribution in [2.75, 3.05) is 25.1 Å². The molecule has 0 aliphatic heterocycles. The number of hydrogen-bond donors (Lipinski definition) is 2. The number of aliphatic carboxylic acids is 1. The van der Waals surface area contributed by atoms with E-state index in [0.717, 1.165) is 25.7 Å². The number of nitrogens with one attached hydrogen (secondary N) is 1. The van der Waals surface area contributed by atoms with Crippen molar-refractivity contribution in [3.8, 4) is 11.1 Å². The molecule has 0 radical (unpaired) electrons. The molecule has 1 aliphatic carbocycles. The van der Waals surface area contributed by atoms with Crippen molar-refractivity contribution in [1.82, 2.24) is 0 Å². The molecule has 0 unspecified atom stereocenters. The summed E-state index contributed by atoms with van der Waals surface area (Å²) in [5.41, 5.74) is 1.95. The predicted molar refractivity (Wildman–Crippen MR) is 116 cm³/mol. The number of hydrogen-bond acceptors (Lipinski definition) is 4. The number of rotatable bonds is 8. The molecule has 1 amide bonds. The molecule has 2 aromatic carbocycles. The molecule has 8 heteroatoms. The second-order valence-corrected chi connectivity index (χ2v) is 8.10. The molecule has 166 valence electrons. The third kappa shape index (κ3) is 6.94. The summed E-state index contributed by atoms with van der Waals surface area (Å²) in [5, 5.41) is 11.4. The lowest BCUT2D eigenvalue weighted by Gasteiger charge is -2.27. The van der Waals surface area contributed by atoms with Gasteiger partial charge in [-0.3, -0.25) is 5.32 Å². The molecule has 0 atom stereocenters. The molecule has 0 saturated heterocycles. The molecular formula is C23H25ClFNO5. The van der Waals surface area contributed by atoms with Crippen molar-refractivity contribution in [2.24, 2.45) is 11.8 Å². The van der Waals surface area contributed by atoms with Crippen LogP contribution in [0.5, 0.6) is 0 Å². The number of carboxylic acids is 1. The lowest BCUT2D eigenvalue weighted by Crippen LogP contribution is -2.25. The largest absolute Gasteiger partial charge is 0.480 e. The fourth-order valence-corrected chi connectivity index (χ4v) is 3.91. The van der Waals surface area contributed by atoms with Crippen LogP contribution in [0.1, 0.15) is 25.7 Å². The Kier molecular flexibility index (Phi) is 8.26. The van der Waals surface area contributed by atoms with Gasteiger partial charge in [0.1, 0.15) is 12.4 Å². The van der Waals surface area contributed by atoms with Gasteiger partial charge in [0.05, 0.1) is 23.9 Å². The summed E-state index contributed by atoms with van der Waals surface area (Å²) >= 11 is 5.89. The van der Waals surface area contributed by atoms with Gasteiger partial charge in [-0.25, -0.2) is 14.0 Å². The summed E-state index contributed by atoms with van der Waals surface area (Å²) in [6.45, 7) is 0.498. The Morgan fingerprint density at radius 3 is 2.42 bits per heavy atom. The quantitative estimate of drug-likeness (QED) is 0.547. The van der Waals surface area contributed by atoms with Crippen molar-refractivity contribution >= 4 is 29.4 Å². The van der Waals surface area contributed by atoms with Gasteiger partial charge in [-0.2, -0.15) is 0 Å². The highest BCUT2D eigenvalue weighted by Crippen LogP contribution is 2.31. The maximum atomic E-state index is 13.5. The molecule has 1 aliphatic rings. The Morgan fingerprint density at radius 1 is 1.06 bits per heavy atom. The van der Waals surface area contributed by atoms with Crippen molar-refractivity contribution in [2.45, 2.75) is 25.7 Å². The molecule has 0 heterocycles. The summed E-state index contributed by atoms with van der Waals surface area (Å²) in [6.07, 6.45) is 3.10. The average Bonchev–Trinajstić information content (AvgIpc) is 2.75. The van der Waals surface area contributed by atoms with E-state index in [4.69, 9.17) is 26.2 Å². The molecule has 1 fully saturated rings. The van der Waals surface area contributed by atoms with E-state index in [0.29, 0.717) is 35.9 Å². The summed E-state index contributed by atoms with van der Waals surface area (Å²) in [7, 11) is 0. The number of amides is 1. The van der Waals surface area contributed by atoms with Crippen LogP contribution in [0.2, 0.25) is 5.02 Å². The van der Waals surface area contributed by atoms with Crippen LogP contribution in [0.25, 0.3) is 11.1 Å². The first-order valence-electron chi connectivity index (χ1n) is 10.2. The minimum Gasteiger partial charge on any atom is -0.480 e. The SMILES string of the molecule is O=C(O)COCC1CCC(COC(=O)Nc2ccccc2-c2ccc(F)c(Cl)c2)CC1. The van der Waals surface area contributed by atoms with Crippen LogP contribution in [0, 0.1) is 17.7 Å². The van der Waals surface area contributed by atoms with E-state index in [1.54, 1.807) is 18.2 Å². The first kappa shape index (κ1) is 23.0. The van der Waals surface area contributed by atoms with Crippen LogP contribution in [-0.2, 0) is 14.3 Å². The van der Waals surface area contributed by atoms with Gasteiger partial charge >= 0.3 is 12.1 Å². The number of ether oxygens (including phenoxy) is 2. The molecule has 3 rings (SSSR count). The van der Waals surface area contributed by atoms with Gasteiger partial charge in [0.2, 0.25) is 0 Å². The van der Waals surface area contributed by atoms with Crippen LogP contribution in [-0.4, -0.2) is 37.0 Å². The Bertz CT molecular complexity index is 915. The summed E-state index contributed by atoms with van der Waals surface area (Å²) in [4.78, 5) is 22.8. The Balaban J connectivity index is 1.48. The van der Waals surface area contributed by atoms with Crippen LogP contribution in [0.15, 0.2) is 42.5 Å². The van der Waals surface area contributed by atoms with Gasteiger partial charge < -0.3 is 14.6 Å². The molecule has 0 aromatic heterocycles. The summed E-state index contributed by atoms with van der Waals surface area (Å²) < 4.78 is 24.1. The number of halogens is 2. The lowest BCUT2D eigenvalue weighted by atomic mass is 9.83. The highest BCUT2D eigenvalue weighted by molar-refractivity contribution is 6.31. The minimum atomic E-state index is -0.961. The zero-order valence-corrected chi connectivity index (χ0v) is 17.7. The number of anilines is 1. The minimum absolute atomic E-state index is 0.0128. The topological polar surface area (TPSA) is 84.9 Å². The molecular weight excluding hydrogens is 425 g/mol. The van der Waals surface area contributed by atoms with E-state index in [1.165, 1.54) is 12.1 Å². The van der Waals surface area contributed by atoms with Gasteiger partial charge in [-0.15, -0.1) is 0 Å². The van der Waals surface area contributed by atoms with Crippen LogP contribution >= 0.6 is 11.6 Å². The Labute approximate surface area is 185 Å². The van der Waals surface area contributed by atoms with E-state index in [-0.39, 0.29) is 17.5 Å². The molecule has 2 aromatic rings. The second kappa shape index (κ2) is 11.1. The standard InChI is InChI=1S/C23H25ClFNO5/c24-19-11-17(9-10-20(19)25)18-3-1-2-4-21(18)26-23(29)31-13-16-7-5-15(6-8-16)12-30-14-22(27)28/h1-4,9-11,15-16H,5-8,12-14H2,(H,26,29)(H,27,28). The molecule has 1 saturated carbocycles. The lowest BCUT2D eigenvalue weighted by molar-refractivity contribution is -0.142. The Morgan fingerprint density at radius 2 is 1.74 bits per heavy atom. The maximum Gasteiger partial charge on any atom is 0.411 e. The highest BCUT2D eigenvalue weighted by Gasteiger charge is 2.23. The van der Waals surface area contributed by atoms with Gasteiger partial charge in [0.15, 0.2) is 0 Å². The predicted octanol–water partition coefficient (Wildman–Crippen LogP) is 5.60. The van der Waals surface area contributed by atoms with E-state index < -0.39 is 17.9 Å². The molecule has 6 nitrogen and oxygen atoms in total. The number of carboxylic acid groups (broad SMARTS) is 1. The van der Waals surface area contributed by atoms with E-state index in [1.807, 2.05) is 12.1 Å². The normalized spacial score (nSPS) is 18.4. The smallest absolute Gasteiger partial charge is 0.411 e. The molecule has 0 bridgehead atoms. The first-order valence-corrected chi connectivity index (χ1v) is 10.6. The van der Waals surface area contributed by atoms with Gasteiger partial charge in [0.25, 0.3) is 0 Å². The van der Waals surface area contributed by atoms with Crippen LogP contribution in [0.3, 0.4) is 0 Å². The van der Waals surface area contributed by atoms with E-state index in [9.17, 15) is 14.0 Å².